The van der Waals surface area contributed by atoms with Crippen LogP contribution in [0.2, 0.25) is 5.02 Å². The van der Waals surface area contributed by atoms with Gasteiger partial charge in [-0.15, -0.1) is 0 Å². The van der Waals surface area contributed by atoms with Gasteiger partial charge in [-0.25, -0.2) is 8.42 Å². The maximum Gasteiger partial charge on any atom is 0.263 e. The average Bonchev–Trinajstić information content (AvgIpc) is 2.53. The van der Waals surface area contributed by atoms with Gasteiger partial charge in [0.1, 0.15) is 4.90 Å². The Morgan fingerprint density at radius 1 is 1.08 bits per heavy atom. The Hall–Kier alpha value is -1.83. The Balaban J connectivity index is 2.13. The minimum Gasteiger partial charge on any atom is -0.293 e. The predicted octanol–water partition coefficient (Wildman–Crippen LogP) is 3.60. The van der Waals surface area contributed by atoms with Crippen LogP contribution in [0.25, 0.3) is 0 Å². The minimum absolute atomic E-state index is 0.0234. The molecule has 5 nitrogen and oxygen atoms in total. The first-order valence-corrected chi connectivity index (χ1v) is 9.68. The number of hydrogen-bond acceptors (Lipinski definition) is 5. The van der Waals surface area contributed by atoms with Crippen molar-refractivity contribution in [1.82, 2.24) is 0 Å². The monoisotopic (exact) mass is 383 g/mol. The third-order valence-corrected chi connectivity index (χ3v) is 5.69. The highest BCUT2D eigenvalue weighted by Crippen LogP contribution is 2.23. The van der Waals surface area contributed by atoms with Crippen LogP contribution in [-0.2, 0) is 14.8 Å². The topological polar surface area (TPSA) is 80.3 Å². The molecule has 2 rings (SSSR count). The van der Waals surface area contributed by atoms with Gasteiger partial charge in [0.05, 0.1) is 10.8 Å². The van der Waals surface area contributed by atoms with E-state index in [0.717, 1.165) is 11.8 Å². The third kappa shape index (κ3) is 4.83. The number of nitrogens with one attached hydrogen (secondary N) is 1. The number of benzene rings is 2. The fraction of sp³-hybridized carbons (Fsp3) is 0.125. The Morgan fingerprint density at radius 3 is 2.29 bits per heavy atom. The molecule has 2 aromatic rings. The van der Waals surface area contributed by atoms with Gasteiger partial charge in [0, 0.05) is 18.2 Å². The Bertz CT molecular complexity index is 864. The fourth-order valence-electron chi connectivity index (χ4n) is 1.85. The van der Waals surface area contributed by atoms with Crippen molar-refractivity contribution in [3.05, 3.63) is 59.1 Å². The SMILES string of the molecule is CC(=O)SCC(=O)c1ccc(NS(=O)(=O)c2ccccc2Cl)cc1. The molecule has 24 heavy (non-hydrogen) atoms. The zero-order valence-electron chi connectivity index (χ0n) is 12.7. The largest absolute Gasteiger partial charge is 0.293 e. The Labute approximate surface area is 149 Å². The molecule has 8 heteroatoms. The molecule has 0 amide bonds. The number of ketones is 1. The lowest BCUT2D eigenvalue weighted by Crippen LogP contribution is -2.13. The molecule has 0 radical (unpaired) electrons. The highest BCUT2D eigenvalue weighted by Gasteiger charge is 2.17. The van der Waals surface area contributed by atoms with Crippen molar-refractivity contribution in [3.63, 3.8) is 0 Å². The summed E-state index contributed by atoms with van der Waals surface area (Å²) in [6, 6.07) is 12.1. The second-order valence-electron chi connectivity index (χ2n) is 4.82. The van der Waals surface area contributed by atoms with Crippen LogP contribution in [-0.4, -0.2) is 25.1 Å². The van der Waals surface area contributed by atoms with Gasteiger partial charge in [-0.05, 0) is 36.4 Å². The van der Waals surface area contributed by atoms with Crippen LogP contribution in [0.4, 0.5) is 5.69 Å². The van der Waals surface area contributed by atoms with E-state index >= 15 is 0 Å². The first kappa shape index (κ1) is 18.5. The van der Waals surface area contributed by atoms with Gasteiger partial charge in [0.2, 0.25) is 0 Å². The van der Waals surface area contributed by atoms with Crippen LogP contribution in [0, 0.1) is 0 Å². The van der Waals surface area contributed by atoms with Crippen LogP contribution in [0.1, 0.15) is 17.3 Å². The van der Waals surface area contributed by atoms with Gasteiger partial charge < -0.3 is 0 Å². The van der Waals surface area contributed by atoms with E-state index < -0.39 is 10.0 Å². The zero-order chi connectivity index (χ0) is 17.7. The highest BCUT2D eigenvalue weighted by atomic mass is 35.5. The van der Waals surface area contributed by atoms with Gasteiger partial charge in [-0.1, -0.05) is 35.5 Å². The molecule has 0 bridgehead atoms. The number of carbonyl (C=O) groups excluding carboxylic acids is 2. The lowest BCUT2D eigenvalue weighted by atomic mass is 10.1. The van der Waals surface area contributed by atoms with Crippen molar-refractivity contribution < 1.29 is 18.0 Å². The second-order valence-corrected chi connectivity index (χ2v) is 8.03. The first-order valence-electron chi connectivity index (χ1n) is 6.83. The smallest absolute Gasteiger partial charge is 0.263 e. The van der Waals surface area contributed by atoms with E-state index in [4.69, 9.17) is 11.6 Å². The summed E-state index contributed by atoms with van der Waals surface area (Å²) in [5.41, 5.74) is 0.718. The summed E-state index contributed by atoms with van der Waals surface area (Å²) >= 11 is 6.84. The molecule has 0 fully saturated rings. The third-order valence-electron chi connectivity index (χ3n) is 2.99. The van der Waals surface area contributed by atoms with Crippen molar-refractivity contribution in [2.45, 2.75) is 11.8 Å². The van der Waals surface area contributed by atoms with E-state index in [2.05, 4.69) is 4.72 Å². The summed E-state index contributed by atoms with van der Waals surface area (Å²) in [4.78, 5) is 22.7. The number of halogens is 1. The van der Waals surface area contributed by atoms with E-state index in [-0.39, 0.29) is 26.6 Å². The predicted molar refractivity (Wildman–Crippen MR) is 96.2 cm³/mol. The van der Waals surface area contributed by atoms with Crippen molar-refractivity contribution in [3.8, 4) is 0 Å². The molecule has 0 aliphatic rings. The van der Waals surface area contributed by atoms with Crippen LogP contribution >= 0.6 is 23.4 Å². The summed E-state index contributed by atoms with van der Waals surface area (Å²) in [6.45, 7) is 1.39. The number of sulfonamides is 1. The number of Topliss-reactive ketones (excluding diaryl/α,β-unsaturated/α-hetero) is 1. The normalized spacial score (nSPS) is 11.1. The fourth-order valence-corrected chi connectivity index (χ4v) is 3.93. The van der Waals surface area contributed by atoms with Crippen molar-refractivity contribution in [2.75, 3.05) is 10.5 Å². The molecular formula is C16H14ClNO4S2. The quantitative estimate of drug-likeness (QED) is 0.771. The number of anilines is 1. The van der Waals surface area contributed by atoms with Gasteiger partial charge >= 0.3 is 0 Å². The highest BCUT2D eigenvalue weighted by molar-refractivity contribution is 8.14. The molecule has 1 N–H and O–H groups in total. The second kappa shape index (κ2) is 7.83. The van der Waals surface area contributed by atoms with Crippen LogP contribution in [0.15, 0.2) is 53.4 Å². The van der Waals surface area contributed by atoms with E-state index in [9.17, 15) is 18.0 Å². The zero-order valence-corrected chi connectivity index (χ0v) is 15.0. The summed E-state index contributed by atoms with van der Waals surface area (Å²) in [5.74, 6) is -0.143. The van der Waals surface area contributed by atoms with Crippen molar-refractivity contribution in [1.29, 1.82) is 0 Å². The summed E-state index contributed by atoms with van der Waals surface area (Å²) in [7, 11) is -3.81. The lowest BCUT2D eigenvalue weighted by molar-refractivity contribution is -0.109. The Morgan fingerprint density at radius 2 is 1.71 bits per heavy atom. The molecular weight excluding hydrogens is 370 g/mol. The first-order chi connectivity index (χ1) is 11.3. The lowest BCUT2D eigenvalue weighted by Gasteiger charge is -2.09. The summed E-state index contributed by atoms with van der Waals surface area (Å²) in [6.07, 6.45) is 0. The number of rotatable bonds is 6. The molecule has 126 valence electrons. The van der Waals surface area contributed by atoms with E-state index in [1.165, 1.54) is 43.3 Å². The molecule has 2 aromatic carbocycles. The minimum atomic E-state index is -3.81. The Kier molecular flexibility index (Phi) is 6.04. The molecule has 0 saturated carbocycles. The van der Waals surface area contributed by atoms with Gasteiger partial charge in [0.15, 0.2) is 10.9 Å². The number of thioether (sulfide) groups is 1. The molecule has 0 heterocycles. The van der Waals surface area contributed by atoms with E-state index in [0.29, 0.717) is 11.3 Å². The number of carbonyl (C=O) groups is 2. The molecule has 0 unspecified atom stereocenters. The van der Waals surface area contributed by atoms with Crippen LogP contribution < -0.4 is 4.72 Å². The van der Waals surface area contributed by atoms with Crippen molar-refractivity contribution >= 4 is 50.0 Å². The maximum absolute atomic E-state index is 12.3. The molecule has 0 aromatic heterocycles. The summed E-state index contributed by atoms with van der Waals surface area (Å²) < 4.78 is 27.0. The van der Waals surface area contributed by atoms with Crippen molar-refractivity contribution in [2.24, 2.45) is 0 Å². The molecule has 0 aliphatic heterocycles. The van der Waals surface area contributed by atoms with Crippen LogP contribution in [0.5, 0.6) is 0 Å². The standard InChI is InChI=1S/C16H14ClNO4S2/c1-11(19)23-10-15(20)12-6-8-13(9-7-12)18-24(21,22)16-5-3-2-4-14(16)17/h2-9,18H,10H2,1H3. The molecule has 0 spiro atoms. The molecule has 0 atom stereocenters. The molecule has 0 saturated heterocycles. The van der Waals surface area contributed by atoms with Gasteiger partial charge in [-0.2, -0.15) is 0 Å². The van der Waals surface area contributed by atoms with Gasteiger partial charge in [0.25, 0.3) is 10.0 Å². The maximum atomic E-state index is 12.3. The van der Waals surface area contributed by atoms with Crippen LogP contribution in [0.3, 0.4) is 0 Å². The van der Waals surface area contributed by atoms with E-state index in [1.54, 1.807) is 12.1 Å². The number of hydrogen-bond donors (Lipinski definition) is 1. The average molecular weight is 384 g/mol. The summed E-state index contributed by atoms with van der Waals surface area (Å²) in [5, 5.41) is -0.00877. The molecule has 0 aliphatic carbocycles. The van der Waals surface area contributed by atoms with Gasteiger partial charge in [-0.3, -0.25) is 14.3 Å². The van der Waals surface area contributed by atoms with E-state index in [1.807, 2.05) is 0 Å².